The van der Waals surface area contributed by atoms with Gasteiger partial charge in [-0.1, -0.05) is 137 Å². The van der Waals surface area contributed by atoms with Crippen LogP contribution in [0, 0.1) is 6.92 Å². The fourth-order valence-electron chi connectivity index (χ4n) is 7.14. The summed E-state index contributed by atoms with van der Waals surface area (Å²) in [7, 11) is -6.61. The number of rotatable bonds is 5. The molecule has 0 amide bonds. The highest BCUT2D eigenvalue weighted by molar-refractivity contribution is 6.95. The Labute approximate surface area is 225 Å². The van der Waals surface area contributed by atoms with Crippen LogP contribution in [0.2, 0.25) is 83.6 Å². The molecule has 3 aliphatic carbocycles. The van der Waals surface area contributed by atoms with E-state index in [1.165, 1.54) is 10.8 Å². The second-order valence-corrected chi connectivity index (χ2v) is 36.3. The summed E-state index contributed by atoms with van der Waals surface area (Å²) in [6, 6.07) is 5.03. The Kier molecular flexibility index (Phi) is 6.48. The Hall–Kier alpha value is -1.21. The van der Waals surface area contributed by atoms with Crippen LogP contribution in [0.5, 0.6) is 0 Å². The van der Waals surface area contributed by atoms with Crippen molar-refractivity contribution >= 4 is 49.1 Å². The number of allylic oxidation sites excluding steroid dienone is 8. The molecule has 36 heavy (non-hydrogen) atoms. The van der Waals surface area contributed by atoms with E-state index < -0.39 is 32.3 Å². The van der Waals surface area contributed by atoms with E-state index in [2.05, 4.69) is 129 Å². The molecular weight excluding hydrogens is 497 g/mol. The van der Waals surface area contributed by atoms with Gasteiger partial charge >= 0.3 is 0 Å². The normalized spacial score (nSPS) is 22.7. The van der Waals surface area contributed by atoms with E-state index in [4.69, 9.17) is 0 Å². The minimum Gasteiger partial charge on any atom is -0.0801 e. The van der Waals surface area contributed by atoms with Crippen LogP contribution < -0.4 is 15.6 Å². The highest BCUT2D eigenvalue weighted by Gasteiger charge is 2.55. The molecule has 1 aromatic carbocycles. The van der Waals surface area contributed by atoms with E-state index in [0.717, 1.165) is 6.42 Å². The molecule has 0 heterocycles. The van der Waals surface area contributed by atoms with Crippen LogP contribution >= 0.6 is 0 Å². The molecule has 0 spiro atoms. The summed E-state index contributed by atoms with van der Waals surface area (Å²) < 4.78 is 0. The van der Waals surface area contributed by atoms with Gasteiger partial charge in [0.2, 0.25) is 0 Å². The Balaban J connectivity index is 2.40. The Bertz CT molecular complexity index is 1380. The summed E-state index contributed by atoms with van der Waals surface area (Å²) in [5, 5.41) is 8.65. The number of fused-ring (bicyclic) bond motifs is 2. The lowest BCUT2D eigenvalue weighted by molar-refractivity contribution is 0.805. The third-order valence-electron chi connectivity index (χ3n) is 8.80. The topological polar surface area (TPSA) is 0 Å². The van der Waals surface area contributed by atoms with Crippen LogP contribution in [0.1, 0.15) is 18.9 Å². The van der Waals surface area contributed by atoms with Gasteiger partial charge in [0.25, 0.3) is 0 Å². The van der Waals surface area contributed by atoms with E-state index in [1.807, 2.05) is 10.4 Å². The quantitative estimate of drug-likeness (QED) is 0.330. The van der Waals surface area contributed by atoms with Crippen molar-refractivity contribution in [1.29, 1.82) is 0 Å². The SMILES string of the molecule is Cc1cc([Si](C)(C)C)c2c(c1)=CC1=C(C3=CC=CC3)C(C)([Si](C)(C)C)C([Si](C)(C)C)=C([Si](C)(C)C)C=21. The van der Waals surface area contributed by atoms with Gasteiger partial charge in [0.15, 0.2) is 0 Å². The van der Waals surface area contributed by atoms with Crippen molar-refractivity contribution in [1.82, 2.24) is 0 Å². The zero-order valence-electron chi connectivity index (χ0n) is 25.7. The number of hydrogen-bond donors (Lipinski definition) is 0. The lowest BCUT2D eigenvalue weighted by Crippen LogP contribution is -2.55. The van der Waals surface area contributed by atoms with Crippen molar-refractivity contribution < 1.29 is 0 Å². The van der Waals surface area contributed by atoms with Crippen LogP contribution in [0.25, 0.3) is 11.6 Å². The molecule has 0 aliphatic heterocycles. The fraction of sp³-hybridized carbons (Fsp3) is 0.500. The summed E-state index contributed by atoms with van der Waals surface area (Å²) in [6.07, 6.45) is 10.8. The molecule has 3 aliphatic rings. The van der Waals surface area contributed by atoms with E-state index in [1.54, 1.807) is 32.7 Å². The molecule has 0 aromatic heterocycles. The van der Waals surface area contributed by atoms with Gasteiger partial charge in [-0.15, -0.1) is 0 Å². The van der Waals surface area contributed by atoms with E-state index in [-0.39, 0.29) is 5.04 Å². The van der Waals surface area contributed by atoms with Crippen LogP contribution in [0.4, 0.5) is 0 Å². The molecule has 0 saturated heterocycles. The van der Waals surface area contributed by atoms with Crippen LogP contribution in [0.15, 0.2) is 57.5 Å². The fourth-order valence-corrected chi connectivity index (χ4v) is 19.9. The molecular formula is C32H50Si4. The number of benzene rings is 1. The van der Waals surface area contributed by atoms with Gasteiger partial charge in [-0.2, -0.15) is 0 Å². The maximum atomic E-state index is 2.69. The average Bonchev–Trinajstić information content (AvgIpc) is 3.30. The summed E-state index contributed by atoms with van der Waals surface area (Å²) in [4.78, 5) is 0. The predicted octanol–water partition coefficient (Wildman–Crippen LogP) is 7.83. The second kappa shape index (κ2) is 8.39. The maximum absolute atomic E-state index is 2.69. The Morgan fingerprint density at radius 3 is 1.83 bits per heavy atom. The first-order chi connectivity index (χ1) is 16.2. The molecule has 1 unspecified atom stereocenters. The summed E-state index contributed by atoms with van der Waals surface area (Å²) in [5.74, 6) is 0. The van der Waals surface area contributed by atoms with Gasteiger partial charge in [0.1, 0.15) is 0 Å². The van der Waals surface area contributed by atoms with Crippen molar-refractivity contribution in [2.24, 2.45) is 0 Å². The third-order valence-corrected chi connectivity index (χ3v) is 19.1. The van der Waals surface area contributed by atoms with Crippen LogP contribution in [-0.4, -0.2) is 32.3 Å². The highest BCUT2D eigenvalue weighted by atomic mass is 28.3. The zero-order chi connectivity index (χ0) is 27.2. The Morgan fingerprint density at radius 1 is 0.778 bits per heavy atom. The van der Waals surface area contributed by atoms with Gasteiger partial charge in [-0.05, 0) is 52.2 Å². The van der Waals surface area contributed by atoms with Crippen molar-refractivity contribution in [2.75, 3.05) is 0 Å². The molecule has 0 saturated carbocycles. The first kappa shape index (κ1) is 27.8. The first-order valence-electron chi connectivity index (χ1n) is 13.9. The smallest absolute Gasteiger partial charge is 0.0784 e. The van der Waals surface area contributed by atoms with Gasteiger partial charge in [-0.25, -0.2) is 0 Å². The molecule has 0 N–H and O–H groups in total. The average molecular weight is 547 g/mol. The van der Waals surface area contributed by atoms with Crippen molar-refractivity contribution in [3.05, 3.63) is 73.5 Å². The molecule has 0 fully saturated rings. The minimum absolute atomic E-state index is 0.149. The lowest BCUT2D eigenvalue weighted by atomic mass is 9.80. The number of aryl methyl sites for hydroxylation is 1. The van der Waals surface area contributed by atoms with Crippen molar-refractivity contribution in [3.8, 4) is 0 Å². The zero-order valence-corrected chi connectivity index (χ0v) is 29.7. The minimum atomic E-state index is -1.69. The molecule has 1 atom stereocenters. The summed E-state index contributed by atoms with van der Waals surface area (Å²) in [6.45, 7) is 36.3. The van der Waals surface area contributed by atoms with Gasteiger partial charge in [0, 0.05) is 5.04 Å². The standard InChI is InChI=1S/C32H50Si4/c1-22-19-24-21-25-28(27(24)26(20-22)33(3,4)5)30(34(6,7)8)31(35(9,10)11)32(2,36(12,13)14)29(25)23-17-15-16-18-23/h15-17,19-21H,18H2,1-14H3. The van der Waals surface area contributed by atoms with Gasteiger partial charge < -0.3 is 0 Å². The van der Waals surface area contributed by atoms with E-state index in [0.29, 0.717) is 0 Å². The molecule has 4 rings (SSSR count). The first-order valence-corrected chi connectivity index (χ1v) is 27.9. The summed E-state index contributed by atoms with van der Waals surface area (Å²) >= 11 is 0. The largest absolute Gasteiger partial charge is 0.0801 e. The molecule has 0 bridgehead atoms. The lowest BCUT2D eigenvalue weighted by Gasteiger charge is -2.55. The molecule has 0 nitrogen and oxygen atoms in total. The Morgan fingerprint density at radius 2 is 1.39 bits per heavy atom. The van der Waals surface area contributed by atoms with Gasteiger partial charge in [0.05, 0.1) is 32.3 Å². The number of hydrogen-bond acceptors (Lipinski definition) is 0. The molecule has 4 heteroatoms. The molecule has 1 aromatic rings. The maximum Gasteiger partial charge on any atom is 0.0784 e. The predicted molar refractivity (Wildman–Crippen MR) is 176 cm³/mol. The van der Waals surface area contributed by atoms with Crippen molar-refractivity contribution in [3.63, 3.8) is 0 Å². The van der Waals surface area contributed by atoms with Gasteiger partial charge in [-0.3, -0.25) is 0 Å². The third kappa shape index (κ3) is 4.20. The highest BCUT2D eigenvalue weighted by Crippen LogP contribution is 2.64. The molecule has 0 radical (unpaired) electrons. The summed E-state index contributed by atoms with van der Waals surface area (Å²) in [5.41, 5.74) is 7.94. The monoisotopic (exact) mass is 546 g/mol. The van der Waals surface area contributed by atoms with Crippen LogP contribution in [-0.2, 0) is 0 Å². The van der Waals surface area contributed by atoms with Crippen LogP contribution in [0.3, 0.4) is 0 Å². The van der Waals surface area contributed by atoms with E-state index in [9.17, 15) is 0 Å². The molecule has 194 valence electrons. The van der Waals surface area contributed by atoms with E-state index >= 15 is 0 Å². The van der Waals surface area contributed by atoms with Crippen molar-refractivity contribution in [2.45, 2.75) is 104 Å². The second-order valence-electron chi connectivity index (χ2n) is 15.8.